The van der Waals surface area contributed by atoms with E-state index in [0.717, 1.165) is 5.69 Å². The largest absolute Gasteiger partial charge is 0.451 e. The summed E-state index contributed by atoms with van der Waals surface area (Å²) in [6.45, 7) is 1.96. The van der Waals surface area contributed by atoms with Crippen LogP contribution < -0.4 is 5.32 Å². The van der Waals surface area contributed by atoms with Crippen molar-refractivity contribution in [2.45, 2.75) is 19.6 Å². The van der Waals surface area contributed by atoms with Gasteiger partial charge in [-0.3, -0.25) is 0 Å². The van der Waals surface area contributed by atoms with Crippen molar-refractivity contribution >= 4 is 28.3 Å². The molecule has 9 heteroatoms. The molecule has 0 aliphatic heterocycles. The van der Waals surface area contributed by atoms with Gasteiger partial charge in [-0.15, -0.1) is 0 Å². The summed E-state index contributed by atoms with van der Waals surface area (Å²) >= 11 is 5.93. The molecule has 1 N–H and O–H groups in total. The summed E-state index contributed by atoms with van der Waals surface area (Å²) in [5, 5.41) is 11.5. The molecule has 2 aromatic heterocycles. The first-order chi connectivity index (χ1) is 11.3. The molecule has 0 saturated carbocycles. The molecule has 3 aromatic rings. The summed E-state index contributed by atoms with van der Waals surface area (Å²) in [6.07, 6.45) is -4.64. The van der Waals surface area contributed by atoms with Crippen molar-refractivity contribution in [1.29, 1.82) is 0 Å². The van der Waals surface area contributed by atoms with Crippen LogP contribution >= 0.6 is 11.6 Å². The number of fused-ring (bicyclic) bond motifs is 1. The van der Waals surface area contributed by atoms with Crippen LogP contribution in [0.4, 0.5) is 19.0 Å². The van der Waals surface area contributed by atoms with Crippen LogP contribution in [-0.2, 0) is 12.7 Å². The van der Waals surface area contributed by atoms with E-state index >= 15 is 0 Å². The third kappa shape index (κ3) is 3.53. The van der Waals surface area contributed by atoms with Gasteiger partial charge in [0.05, 0.1) is 23.4 Å². The molecule has 0 unspecified atom stereocenters. The van der Waals surface area contributed by atoms with Crippen molar-refractivity contribution in [3.63, 3.8) is 0 Å². The normalized spacial score (nSPS) is 11.7. The average Bonchev–Trinajstić information content (AvgIpc) is 2.53. The molecule has 0 aliphatic carbocycles. The van der Waals surface area contributed by atoms with Gasteiger partial charge in [0.25, 0.3) is 0 Å². The number of aryl methyl sites for hydroxylation is 1. The van der Waals surface area contributed by atoms with Crippen molar-refractivity contribution in [2.75, 3.05) is 5.32 Å². The average molecular weight is 354 g/mol. The van der Waals surface area contributed by atoms with Crippen LogP contribution in [-0.4, -0.2) is 20.2 Å². The van der Waals surface area contributed by atoms with Gasteiger partial charge in [-0.05, 0) is 37.3 Å². The Hall–Kier alpha value is -2.48. The van der Waals surface area contributed by atoms with Crippen LogP contribution in [0.3, 0.4) is 0 Å². The Morgan fingerprint density at radius 1 is 1.08 bits per heavy atom. The van der Waals surface area contributed by atoms with Crippen molar-refractivity contribution in [1.82, 2.24) is 20.2 Å². The molecule has 1 aromatic carbocycles. The number of nitrogens with one attached hydrogen (secondary N) is 1. The Balaban J connectivity index is 2.00. The summed E-state index contributed by atoms with van der Waals surface area (Å²) < 4.78 is 38.9. The second kappa shape index (κ2) is 6.20. The van der Waals surface area contributed by atoms with Crippen molar-refractivity contribution in [3.8, 4) is 0 Å². The zero-order valence-electron chi connectivity index (χ0n) is 12.4. The maximum Gasteiger partial charge on any atom is 0.451 e. The lowest BCUT2D eigenvalue weighted by Gasteiger charge is -2.12. The molecule has 2 heterocycles. The lowest BCUT2D eigenvalue weighted by molar-refractivity contribution is -0.144. The highest BCUT2D eigenvalue weighted by Crippen LogP contribution is 2.31. The monoisotopic (exact) mass is 353 g/mol. The van der Waals surface area contributed by atoms with Crippen LogP contribution in [0.25, 0.3) is 10.9 Å². The number of rotatable bonds is 3. The van der Waals surface area contributed by atoms with E-state index in [9.17, 15) is 13.2 Å². The van der Waals surface area contributed by atoms with E-state index < -0.39 is 12.0 Å². The first kappa shape index (κ1) is 16.4. The number of halogens is 4. The smallest absolute Gasteiger partial charge is 0.364 e. The Bertz CT molecular complexity index is 881. The van der Waals surface area contributed by atoms with Gasteiger partial charge in [0.15, 0.2) is 0 Å². The highest BCUT2D eigenvalue weighted by molar-refractivity contribution is 6.31. The molecular formula is C15H11ClF3N5. The predicted octanol–water partition coefficient (Wildman–Crippen LogP) is 4.01. The third-order valence-electron chi connectivity index (χ3n) is 3.20. The molecule has 3 rings (SSSR count). The second-order valence-corrected chi connectivity index (χ2v) is 5.51. The van der Waals surface area contributed by atoms with Crippen LogP contribution in [0.1, 0.15) is 17.2 Å². The standard InChI is InChI=1S/C15H11ClF3N5/c1-8-2-4-10(24-23-8)7-20-13-11-6-9(16)3-5-12(11)21-14(22-13)15(17,18)19/h2-6H,7H2,1H3,(H,20,21,22). The van der Waals surface area contributed by atoms with E-state index in [4.69, 9.17) is 11.6 Å². The zero-order chi connectivity index (χ0) is 17.3. The predicted molar refractivity (Wildman–Crippen MR) is 83.6 cm³/mol. The first-order valence-electron chi connectivity index (χ1n) is 6.90. The van der Waals surface area contributed by atoms with Gasteiger partial charge >= 0.3 is 6.18 Å². The van der Waals surface area contributed by atoms with Gasteiger partial charge in [-0.1, -0.05) is 11.6 Å². The summed E-state index contributed by atoms with van der Waals surface area (Å²) in [7, 11) is 0. The molecule has 124 valence electrons. The SMILES string of the molecule is Cc1ccc(CNc2nc(C(F)(F)F)nc3ccc(Cl)cc23)nn1. The number of alkyl halides is 3. The van der Waals surface area contributed by atoms with Crippen LogP contribution in [0.2, 0.25) is 5.02 Å². The number of aromatic nitrogens is 4. The van der Waals surface area contributed by atoms with Crippen LogP contribution in [0.15, 0.2) is 30.3 Å². The van der Waals surface area contributed by atoms with E-state index in [1.807, 2.05) is 0 Å². The van der Waals surface area contributed by atoms with E-state index in [-0.39, 0.29) is 17.9 Å². The summed E-state index contributed by atoms with van der Waals surface area (Å²) in [6, 6.07) is 7.91. The molecule has 0 spiro atoms. The van der Waals surface area contributed by atoms with Gasteiger partial charge in [0.2, 0.25) is 5.82 Å². The minimum atomic E-state index is -4.64. The quantitative estimate of drug-likeness (QED) is 0.770. The summed E-state index contributed by atoms with van der Waals surface area (Å²) in [5.41, 5.74) is 1.47. The molecular weight excluding hydrogens is 343 g/mol. The van der Waals surface area contributed by atoms with E-state index in [1.165, 1.54) is 18.2 Å². The highest BCUT2D eigenvalue weighted by atomic mass is 35.5. The summed E-state index contributed by atoms with van der Waals surface area (Å²) in [5.74, 6) is -1.17. The molecule has 24 heavy (non-hydrogen) atoms. The van der Waals surface area contributed by atoms with Crippen molar-refractivity contribution < 1.29 is 13.2 Å². The Morgan fingerprint density at radius 2 is 1.88 bits per heavy atom. The van der Waals surface area contributed by atoms with Gasteiger partial charge in [0, 0.05) is 10.4 Å². The lowest BCUT2D eigenvalue weighted by atomic mass is 10.2. The lowest BCUT2D eigenvalue weighted by Crippen LogP contribution is -2.14. The zero-order valence-corrected chi connectivity index (χ0v) is 13.2. The van der Waals surface area contributed by atoms with Gasteiger partial charge in [-0.25, -0.2) is 9.97 Å². The molecule has 5 nitrogen and oxygen atoms in total. The fourth-order valence-electron chi connectivity index (χ4n) is 2.06. The van der Waals surface area contributed by atoms with Crippen LogP contribution in [0.5, 0.6) is 0 Å². The molecule has 0 saturated heterocycles. The minimum Gasteiger partial charge on any atom is -0.364 e. The van der Waals surface area contributed by atoms with Crippen molar-refractivity contribution in [2.24, 2.45) is 0 Å². The molecule has 0 amide bonds. The van der Waals surface area contributed by atoms with E-state index in [0.29, 0.717) is 16.1 Å². The highest BCUT2D eigenvalue weighted by Gasteiger charge is 2.35. The van der Waals surface area contributed by atoms with Gasteiger partial charge in [0.1, 0.15) is 5.82 Å². The van der Waals surface area contributed by atoms with E-state index in [2.05, 4.69) is 25.5 Å². The first-order valence-corrected chi connectivity index (χ1v) is 7.28. The Labute approximate surface area is 139 Å². The third-order valence-corrected chi connectivity index (χ3v) is 3.44. The number of hydrogen-bond donors (Lipinski definition) is 1. The molecule has 0 atom stereocenters. The topological polar surface area (TPSA) is 63.6 Å². The molecule has 0 radical (unpaired) electrons. The fraction of sp³-hybridized carbons (Fsp3) is 0.200. The van der Waals surface area contributed by atoms with E-state index in [1.54, 1.807) is 19.1 Å². The molecule has 0 aliphatic rings. The number of anilines is 1. The maximum atomic E-state index is 13.0. The van der Waals surface area contributed by atoms with Gasteiger partial charge < -0.3 is 5.32 Å². The Morgan fingerprint density at radius 3 is 2.54 bits per heavy atom. The maximum absolute atomic E-state index is 13.0. The number of benzene rings is 1. The Kier molecular flexibility index (Phi) is 4.23. The molecule has 0 fully saturated rings. The second-order valence-electron chi connectivity index (χ2n) is 5.07. The number of nitrogens with zero attached hydrogens (tertiary/aromatic N) is 4. The molecule has 0 bridgehead atoms. The fourth-order valence-corrected chi connectivity index (χ4v) is 2.23. The van der Waals surface area contributed by atoms with Gasteiger partial charge in [-0.2, -0.15) is 23.4 Å². The van der Waals surface area contributed by atoms with Crippen LogP contribution in [0, 0.1) is 6.92 Å². The minimum absolute atomic E-state index is 0.0391. The number of hydrogen-bond acceptors (Lipinski definition) is 5. The summed E-state index contributed by atoms with van der Waals surface area (Å²) in [4.78, 5) is 7.14. The van der Waals surface area contributed by atoms with Crippen molar-refractivity contribution in [3.05, 3.63) is 52.6 Å².